The highest BCUT2D eigenvalue weighted by Gasteiger charge is 2.02. The number of ether oxygens (including phenoxy) is 1. The maximum atomic E-state index is 5.51. The van der Waals surface area contributed by atoms with Crippen molar-refractivity contribution in [3.05, 3.63) is 42.1 Å². The standard InChI is InChI=1S/C13H15N3O/c1-17-12-7-9-15-13(16-12)11-4-2-10(3-5-11)6-8-14/h2-5,7,9H,6,8,14H2,1H3. The maximum Gasteiger partial charge on any atom is 0.216 e. The molecular weight excluding hydrogens is 214 g/mol. The van der Waals surface area contributed by atoms with Crippen LogP contribution < -0.4 is 10.5 Å². The molecule has 0 unspecified atom stereocenters. The third-order valence-corrected chi connectivity index (χ3v) is 2.48. The molecule has 1 heterocycles. The molecule has 0 atom stereocenters. The molecule has 0 aliphatic heterocycles. The van der Waals surface area contributed by atoms with Gasteiger partial charge in [-0.05, 0) is 18.5 Å². The summed E-state index contributed by atoms with van der Waals surface area (Å²) < 4.78 is 5.07. The third-order valence-electron chi connectivity index (χ3n) is 2.48. The average molecular weight is 229 g/mol. The van der Waals surface area contributed by atoms with Gasteiger partial charge in [-0.25, -0.2) is 4.98 Å². The predicted octanol–water partition coefficient (Wildman–Crippen LogP) is 1.65. The molecule has 0 fully saturated rings. The van der Waals surface area contributed by atoms with Crippen molar-refractivity contribution in [1.82, 2.24) is 9.97 Å². The fraction of sp³-hybridized carbons (Fsp3) is 0.231. The van der Waals surface area contributed by atoms with Crippen molar-refractivity contribution in [1.29, 1.82) is 0 Å². The van der Waals surface area contributed by atoms with Gasteiger partial charge >= 0.3 is 0 Å². The van der Waals surface area contributed by atoms with E-state index in [1.54, 1.807) is 19.4 Å². The van der Waals surface area contributed by atoms with Gasteiger partial charge in [0.1, 0.15) is 0 Å². The quantitative estimate of drug-likeness (QED) is 0.866. The van der Waals surface area contributed by atoms with E-state index in [1.165, 1.54) is 5.56 Å². The lowest BCUT2D eigenvalue weighted by Crippen LogP contribution is -2.02. The van der Waals surface area contributed by atoms with E-state index in [1.807, 2.05) is 24.3 Å². The van der Waals surface area contributed by atoms with Gasteiger partial charge in [0, 0.05) is 17.8 Å². The highest BCUT2D eigenvalue weighted by atomic mass is 16.5. The lowest BCUT2D eigenvalue weighted by molar-refractivity contribution is 0.397. The molecule has 0 bridgehead atoms. The molecule has 0 radical (unpaired) electrons. The fourth-order valence-corrected chi connectivity index (χ4v) is 1.58. The minimum Gasteiger partial charge on any atom is -0.481 e. The Hall–Kier alpha value is -1.94. The molecule has 2 aromatic rings. The molecule has 4 heteroatoms. The fourth-order valence-electron chi connectivity index (χ4n) is 1.58. The molecule has 4 nitrogen and oxygen atoms in total. The van der Waals surface area contributed by atoms with Gasteiger partial charge in [-0.2, -0.15) is 4.98 Å². The number of aromatic nitrogens is 2. The average Bonchev–Trinajstić information content (AvgIpc) is 2.40. The third kappa shape index (κ3) is 2.79. The van der Waals surface area contributed by atoms with Crippen LogP contribution >= 0.6 is 0 Å². The maximum absolute atomic E-state index is 5.51. The molecule has 0 amide bonds. The first-order valence-corrected chi connectivity index (χ1v) is 5.50. The lowest BCUT2D eigenvalue weighted by Gasteiger charge is -2.04. The highest BCUT2D eigenvalue weighted by molar-refractivity contribution is 5.55. The topological polar surface area (TPSA) is 61.0 Å². The van der Waals surface area contributed by atoms with E-state index >= 15 is 0 Å². The second-order valence-electron chi connectivity index (χ2n) is 3.66. The summed E-state index contributed by atoms with van der Waals surface area (Å²) in [6.07, 6.45) is 2.58. The van der Waals surface area contributed by atoms with Crippen molar-refractivity contribution in [2.45, 2.75) is 6.42 Å². The van der Waals surface area contributed by atoms with Crippen LogP contribution in [0, 0.1) is 0 Å². The van der Waals surface area contributed by atoms with E-state index < -0.39 is 0 Å². The summed E-state index contributed by atoms with van der Waals surface area (Å²) >= 11 is 0. The van der Waals surface area contributed by atoms with E-state index in [9.17, 15) is 0 Å². The number of nitrogens with two attached hydrogens (primary N) is 1. The van der Waals surface area contributed by atoms with E-state index in [4.69, 9.17) is 10.5 Å². The van der Waals surface area contributed by atoms with Gasteiger partial charge in [0.2, 0.25) is 5.88 Å². The minimum absolute atomic E-state index is 0.570. The Morgan fingerprint density at radius 2 is 1.94 bits per heavy atom. The van der Waals surface area contributed by atoms with Gasteiger partial charge in [0.25, 0.3) is 0 Å². The van der Waals surface area contributed by atoms with E-state index in [2.05, 4.69) is 9.97 Å². The number of nitrogens with zero attached hydrogens (tertiary/aromatic N) is 2. The number of hydrogen-bond donors (Lipinski definition) is 1. The zero-order chi connectivity index (χ0) is 12.1. The molecule has 0 saturated carbocycles. The van der Waals surface area contributed by atoms with Crippen molar-refractivity contribution in [2.75, 3.05) is 13.7 Å². The van der Waals surface area contributed by atoms with Crippen LogP contribution in [-0.2, 0) is 6.42 Å². The molecular formula is C13H15N3O. The van der Waals surface area contributed by atoms with Crippen molar-refractivity contribution in [3.8, 4) is 17.3 Å². The van der Waals surface area contributed by atoms with Gasteiger partial charge in [-0.15, -0.1) is 0 Å². The Bertz CT molecular complexity index is 482. The van der Waals surface area contributed by atoms with Gasteiger partial charge in [0.05, 0.1) is 7.11 Å². The van der Waals surface area contributed by atoms with E-state index in [0.717, 1.165) is 12.0 Å². The summed E-state index contributed by atoms with van der Waals surface area (Å²) in [5, 5.41) is 0. The summed E-state index contributed by atoms with van der Waals surface area (Å²) in [4.78, 5) is 8.50. The van der Waals surface area contributed by atoms with Gasteiger partial charge in [-0.3, -0.25) is 0 Å². The van der Waals surface area contributed by atoms with E-state index in [0.29, 0.717) is 18.2 Å². The Balaban J connectivity index is 2.26. The molecule has 1 aromatic heterocycles. The molecule has 0 aliphatic carbocycles. The van der Waals surface area contributed by atoms with Crippen LogP contribution in [0.5, 0.6) is 5.88 Å². The van der Waals surface area contributed by atoms with E-state index in [-0.39, 0.29) is 0 Å². The van der Waals surface area contributed by atoms with Crippen molar-refractivity contribution in [2.24, 2.45) is 5.73 Å². The summed E-state index contributed by atoms with van der Waals surface area (Å²) in [5.74, 6) is 1.24. The Morgan fingerprint density at radius 3 is 2.59 bits per heavy atom. The van der Waals surface area contributed by atoms with Crippen molar-refractivity contribution >= 4 is 0 Å². The zero-order valence-corrected chi connectivity index (χ0v) is 9.76. The van der Waals surface area contributed by atoms with Crippen LogP contribution in [0.3, 0.4) is 0 Å². The molecule has 0 spiro atoms. The SMILES string of the molecule is COc1ccnc(-c2ccc(CCN)cc2)n1. The number of hydrogen-bond acceptors (Lipinski definition) is 4. The molecule has 17 heavy (non-hydrogen) atoms. The highest BCUT2D eigenvalue weighted by Crippen LogP contribution is 2.17. The van der Waals surface area contributed by atoms with Gasteiger partial charge < -0.3 is 10.5 Å². The molecule has 2 N–H and O–H groups in total. The summed E-state index contributed by atoms with van der Waals surface area (Å²) in [5.41, 5.74) is 7.70. The Morgan fingerprint density at radius 1 is 1.18 bits per heavy atom. The number of rotatable bonds is 4. The van der Waals surface area contributed by atoms with Crippen LogP contribution in [0.25, 0.3) is 11.4 Å². The summed E-state index contributed by atoms with van der Waals surface area (Å²) in [6.45, 7) is 0.662. The largest absolute Gasteiger partial charge is 0.481 e. The number of benzene rings is 1. The predicted molar refractivity (Wildman–Crippen MR) is 66.8 cm³/mol. The first-order valence-electron chi connectivity index (χ1n) is 5.50. The van der Waals surface area contributed by atoms with Crippen molar-refractivity contribution in [3.63, 3.8) is 0 Å². The summed E-state index contributed by atoms with van der Waals surface area (Å²) in [6, 6.07) is 9.82. The lowest BCUT2D eigenvalue weighted by atomic mass is 10.1. The van der Waals surface area contributed by atoms with Crippen molar-refractivity contribution < 1.29 is 4.74 Å². The minimum atomic E-state index is 0.570. The summed E-state index contributed by atoms with van der Waals surface area (Å²) in [7, 11) is 1.59. The second-order valence-corrected chi connectivity index (χ2v) is 3.66. The molecule has 0 aliphatic rings. The monoisotopic (exact) mass is 229 g/mol. The molecule has 2 rings (SSSR count). The second kappa shape index (κ2) is 5.41. The normalized spacial score (nSPS) is 10.2. The van der Waals surface area contributed by atoms with Crippen LogP contribution in [0.15, 0.2) is 36.5 Å². The number of methoxy groups -OCH3 is 1. The van der Waals surface area contributed by atoms with Crippen LogP contribution in [-0.4, -0.2) is 23.6 Å². The van der Waals surface area contributed by atoms with Crippen LogP contribution in [0.1, 0.15) is 5.56 Å². The smallest absolute Gasteiger partial charge is 0.216 e. The first-order chi connectivity index (χ1) is 8.33. The van der Waals surface area contributed by atoms with Gasteiger partial charge in [0.15, 0.2) is 5.82 Å². The zero-order valence-electron chi connectivity index (χ0n) is 9.76. The molecule has 88 valence electrons. The molecule has 1 aromatic carbocycles. The Labute approximate surface area is 100 Å². The first kappa shape index (κ1) is 11.5. The van der Waals surface area contributed by atoms with Gasteiger partial charge in [-0.1, -0.05) is 24.3 Å². The molecule has 0 saturated heterocycles. The van der Waals surface area contributed by atoms with Crippen LogP contribution in [0.2, 0.25) is 0 Å². The van der Waals surface area contributed by atoms with Crippen LogP contribution in [0.4, 0.5) is 0 Å². The Kier molecular flexibility index (Phi) is 3.67.